The molecular formula is C15H21N3O3. The zero-order chi connectivity index (χ0) is 14.8. The first kappa shape index (κ1) is 15.5. The molecule has 1 heterocycles. The van der Waals surface area contributed by atoms with Gasteiger partial charge in [-0.15, -0.1) is 0 Å². The van der Waals surface area contributed by atoms with Gasteiger partial charge in [-0.3, -0.25) is 0 Å². The highest BCUT2D eigenvalue weighted by Crippen LogP contribution is 2.05. The molecule has 2 aromatic rings. The molecule has 0 amide bonds. The Hall–Kier alpha value is -1.92. The summed E-state index contributed by atoms with van der Waals surface area (Å²) in [6.45, 7) is 2.52. The minimum Gasteiger partial charge on any atom is -0.385 e. The summed E-state index contributed by atoms with van der Waals surface area (Å²) in [5.41, 5.74) is 1.09. The van der Waals surface area contributed by atoms with E-state index < -0.39 is 0 Å². The first-order chi connectivity index (χ1) is 10.4. The monoisotopic (exact) mass is 291 g/mol. The summed E-state index contributed by atoms with van der Waals surface area (Å²) in [5, 5.41) is 7.24. The fraction of sp³-hybridized carbons (Fsp3) is 0.467. The molecule has 1 N–H and O–H groups in total. The Balaban J connectivity index is 1.63. The summed E-state index contributed by atoms with van der Waals surface area (Å²) >= 11 is 0. The zero-order valence-electron chi connectivity index (χ0n) is 12.2. The maximum absolute atomic E-state index is 5.37. The van der Waals surface area contributed by atoms with Gasteiger partial charge in [0.15, 0.2) is 5.82 Å². The topological polar surface area (TPSA) is 69.4 Å². The Bertz CT molecular complexity index is 502. The minimum absolute atomic E-state index is 0.574. The second-order valence-electron chi connectivity index (χ2n) is 4.50. The van der Waals surface area contributed by atoms with Gasteiger partial charge in [0, 0.05) is 32.2 Å². The molecule has 1 aromatic carbocycles. The number of nitrogens with one attached hydrogen (secondary N) is 1. The van der Waals surface area contributed by atoms with E-state index in [4.69, 9.17) is 14.0 Å². The predicted molar refractivity (Wildman–Crippen MR) is 79.3 cm³/mol. The van der Waals surface area contributed by atoms with Crippen molar-refractivity contribution < 1.29 is 14.0 Å². The predicted octanol–water partition coefficient (Wildman–Crippen LogP) is 1.93. The average molecular weight is 291 g/mol. The molecule has 0 aliphatic rings. The van der Waals surface area contributed by atoms with E-state index in [0.29, 0.717) is 44.4 Å². The van der Waals surface area contributed by atoms with Gasteiger partial charge in [-0.05, 0) is 12.1 Å². The third-order valence-corrected chi connectivity index (χ3v) is 2.85. The van der Waals surface area contributed by atoms with Gasteiger partial charge in [-0.2, -0.15) is 4.98 Å². The van der Waals surface area contributed by atoms with Gasteiger partial charge in [0.25, 0.3) is 0 Å². The van der Waals surface area contributed by atoms with Crippen LogP contribution < -0.4 is 5.32 Å². The number of hydrogen-bond donors (Lipinski definition) is 1. The van der Waals surface area contributed by atoms with Crippen LogP contribution in [0.1, 0.15) is 11.7 Å². The van der Waals surface area contributed by atoms with Crippen LogP contribution in [0.15, 0.2) is 34.9 Å². The van der Waals surface area contributed by atoms with E-state index in [-0.39, 0.29) is 0 Å². The van der Waals surface area contributed by atoms with Gasteiger partial charge in [-0.25, -0.2) is 0 Å². The molecule has 21 heavy (non-hydrogen) atoms. The largest absolute Gasteiger partial charge is 0.385 e. The number of rotatable bonds is 10. The summed E-state index contributed by atoms with van der Waals surface area (Å²) in [6, 6.07) is 10.0. The molecule has 0 saturated carbocycles. The number of benzene rings is 1. The van der Waals surface area contributed by atoms with E-state index in [9.17, 15) is 0 Å². The van der Waals surface area contributed by atoms with Crippen LogP contribution >= 0.6 is 0 Å². The molecule has 0 aliphatic heterocycles. The maximum atomic E-state index is 5.37. The van der Waals surface area contributed by atoms with Gasteiger partial charge in [0.2, 0.25) is 5.89 Å². The Morgan fingerprint density at radius 3 is 2.76 bits per heavy atom. The quantitative estimate of drug-likeness (QED) is 0.675. The van der Waals surface area contributed by atoms with Crippen molar-refractivity contribution in [1.29, 1.82) is 0 Å². The third kappa shape index (κ3) is 5.93. The Kier molecular flexibility index (Phi) is 6.70. The first-order valence-electron chi connectivity index (χ1n) is 7.05. The highest BCUT2D eigenvalue weighted by Gasteiger charge is 2.05. The van der Waals surface area contributed by atoms with Gasteiger partial charge in [-0.1, -0.05) is 23.4 Å². The highest BCUT2D eigenvalue weighted by atomic mass is 16.5. The molecule has 0 radical (unpaired) electrons. The Morgan fingerprint density at radius 1 is 1.10 bits per heavy atom. The van der Waals surface area contributed by atoms with Crippen molar-refractivity contribution in [1.82, 2.24) is 10.1 Å². The molecule has 6 heteroatoms. The van der Waals surface area contributed by atoms with Gasteiger partial charge in [0.1, 0.15) is 0 Å². The number of nitrogens with zero attached hydrogens (tertiary/aromatic N) is 2. The van der Waals surface area contributed by atoms with E-state index in [2.05, 4.69) is 15.5 Å². The molecule has 0 aliphatic carbocycles. The third-order valence-electron chi connectivity index (χ3n) is 2.85. The average Bonchev–Trinajstić information content (AvgIpc) is 2.96. The van der Waals surface area contributed by atoms with Gasteiger partial charge in [0.05, 0.1) is 19.8 Å². The van der Waals surface area contributed by atoms with Crippen LogP contribution in [0, 0.1) is 0 Å². The number of hydrogen-bond acceptors (Lipinski definition) is 6. The second kappa shape index (κ2) is 9.10. The first-order valence-corrected chi connectivity index (χ1v) is 7.05. The SMILES string of the molecule is COCCOCCc1noc(CCNc2ccccc2)n1. The van der Waals surface area contributed by atoms with Crippen molar-refractivity contribution >= 4 is 5.69 Å². The van der Waals surface area contributed by atoms with E-state index in [1.807, 2.05) is 30.3 Å². The van der Waals surface area contributed by atoms with Crippen molar-refractivity contribution in [3.8, 4) is 0 Å². The smallest absolute Gasteiger partial charge is 0.228 e. The number of aromatic nitrogens is 2. The lowest BCUT2D eigenvalue weighted by molar-refractivity contribution is 0.0714. The Morgan fingerprint density at radius 2 is 1.95 bits per heavy atom. The number of anilines is 1. The van der Waals surface area contributed by atoms with Crippen molar-refractivity contribution in [3.63, 3.8) is 0 Å². The lowest BCUT2D eigenvalue weighted by Gasteiger charge is -2.03. The van der Waals surface area contributed by atoms with Gasteiger partial charge >= 0.3 is 0 Å². The number of methoxy groups -OCH3 is 1. The zero-order valence-corrected chi connectivity index (χ0v) is 12.2. The van der Waals surface area contributed by atoms with Crippen LogP contribution in [0.4, 0.5) is 5.69 Å². The molecule has 0 bridgehead atoms. The second-order valence-corrected chi connectivity index (χ2v) is 4.50. The van der Waals surface area contributed by atoms with E-state index >= 15 is 0 Å². The summed E-state index contributed by atoms with van der Waals surface area (Å²) < 4.78 is 15.5. The van der Waals surface area contributed by atoms with Crippen molar-refractivity contribution in [2.75, 3.05) is 38.8 Å². The lowest BCUT2D eigenvalue weighted by Crippen LogP contribution is -2.06. The molecule has 0 saturated heterocycles. The summed E-state index contributed by atoms with van der Waals surface area (Å²) in [4.78, 5) is 4.33. The minimum atomic E-state index is 0.574. The van der Waals surface area contributed by atoms with Crippen molar-refractivity contribution in [3.05, 3.63) is 42.0 Å². The fourth-order valence-electron chi connectivity index (χ4n) is 1.77. The molecule has 0 unspecified atom stereocenters. The van der Waals surface area contributed by atoms with E-state index in [0.717, 1.165) is 12.2 Å². The number of ether oxygens (including phenoxy) is 2. The molecule has 1 aromatic heterocycles. The van der Waals surface area contributed by atoms with Crippen LogP contribution in [0.25, 0.3) is 0 Å². The molecule has 6 nitrogen and oxygen atoms in total. The van der Waals surface area contributed by atoms with E-state index in [1.54, 1.807) is 7.11 Å². The van der Waals surface area contributed by atoms with Crippen LogP contribution in [0.2, 0.25) is 0 Å². The van der Waals surface area contributed by atoms with Crippen LogP contribution in [-0.4, -0.2) is 43.6 Å². The molecular weight excluding hydrogens is 270 g/mol. The lowest BCUT2D eigenvalue weighted by atomic mass is 10.3. The fourth-order valence-corrected chi connectivity index (χ4v) is 1.77. The molecule has 114 valence electrons. The van der Waals surface area contributed by atoms with Crippen LogP contribution in [0.3, 0.4) is 0 Å². The summed E-state index contributed by atoms with van der Waals surface area (Å²) in [6.07, 6.45) is 1.35. The van der Waals surface area contributed by atoms with Crippen molar-refractivity contribution in [2.24, 2.45) is 0 Å². The van der Waals surface area contributed by atoms with Crippen molar-refractivity contribution in [2.45, 2.75) is 12.8 Å². The molecule has 0 fully saturated rings. The molecule has 2 rings (SSSR count). The number of para-hydroxylation sites is 1. The summed E-state index contributed by atoms with van der Waals surface area (Å²) in [7, 11) is 1.65. The van der Waals surface area contributed by atoms with Crippen LogP contribution in [-0.2, 0) is 22.3 Å². The Labute approximate surface area is 124 Å². The molecule has 0 spiro atoms. The highest BCUT2D eigenvalue weighted by molar-refractivity contribution is 5.42. The van der Waals surface area contributed by atoms with Crippen LogP contribution in [0.5, 0.6) is 0 Å². The standard InChI is InChI=1S/C15H21N3O3/c1-19-11-12-20-10-8-14-17-15(21-18-14)7-9-16-13-5-3-2-4-6-13/h2-6,16H,7-12H2,1H3. The summed E-state index contributed by atoms with van der Waals surface area (Å²) in [5.74, 6) is 1.33. The normalized spacial score (nSPS) is 10.7. The maximum Gasteiger partial charge on any atom is 0.228 e. The molecule has 0 atom stereocenters. The van der Waals surface area contributed by atoms with Gasteiger partial charge < -0.3 is 19.3 Å². The van der Waals surface area contributed by atoms with E-state index in [1.165, 1.54) is 0 Å².